The van der Waals surface area contributed by atoms with Crippen LogP contribution in [0.25, 0.3) is 0 Å². The van der Waals surface area contributed by atoms with Gasteiger partial charge in [0.1, 0.15) is 0 Å². The molecule has 4 rings (SSSR count). The van der Waals surface area contributed by atoms with Crippen LogP contribution in [-0.2, 0) is 6.42 Å². The monoisotopic (exact) mass is 377 g/mol. The molecule has 2 heterocycles. The molecule has 1 N–H and O–H groups in total. The molecule has 1 saturated heterocycles. The summed E-state index contributed by atoms with van der Waals surface area (Å²) in [5.74, 6) is 0.783. The second-order valence-corrected chi connectivity index (χ2v) is 7.86. The number of carbonyl (C=O) groups excluding carboxylic acids is 1. The highest BCUT2D eigenvalue weighted by Gasteiger charge is 2.24. The Hall–Kier alpha value is -2.66. The molecule has 1 fully saturated rings. The van der Waals surface area contributed by atoms with Crippen LogP contribution in [0, 0.1) is 5.92 Å². The van der Waals surface area contributed by atoms with Crippen LogP contribution in [0.3, 0.4) is 0 Å². The van der Waals surface area contributed by atoms with E-state index in [1.165, 1.54) is 5.56 Å². The van der Waals surface area contributed by atoms with Crippen molar-refractivity contribution in [2.24, 2.45) is 5.92 Å². The summed E-state index contributed by atoms with van der Waals surface area (Å²) in [6.45, 7) is 1.67. The third kappa shape index (κ3) is 4.55. The summed E-state index contributed by atoms with van der Waals surface area (Å²) < 4.78 is 0. The van der Waals surface area contributed by atoms with Gasteiger partial charge >= 0.3 is 0 Å². The zero-order chi connectivity index (χ0) is 18.5. The van der Waals surface area contributed by atoms with Crippen LogP contribution in [-0.4, -0.2) is 28.9 Å². The molecule has 0 unspecified atom stereocenters. The number of thiazole rings is 1. The van der Waals surface area contributed by atoms with Gasteiger partial charge in [0.25, 0.3) is 5.91 Å². The maximum atomic E-state index is 12.9. The number of piperidine rings is 1. The van der Waals surface area contributed by atoms with Crippen molar-refractivity contribution in [3.63, 3.8) is 0 Å². The lowest BCUT2D eigenvalue weighted by Crippen LogP contribution is -2.38. The third-order valence-electron chi connectivity index (χ3n) is 5.06. The van der Waals surface area contributed by atoms with E-state index in [0.29, 0.717) is 5.92 Å². The molecule has 4 nitrogen and oxygen atoms in total. The molecular formula is C22H23N3OS. The van der Waals surface area contributed by atoms with Crippen LogP contribution >= 0.6 is 11.3 Å². The minimum atomic E-state index is 0.121. The number of nitrogens with zero attached hydrogens (tertiary/aromatic N) is 2. The maximum Gasteiger partial charge on any atom is 0.253 e. The predicted molar refractivity (Wildman–Crippen MR) is 111 cm³/mol. The molecule has 27 heavy (non-hydrogen) atoms. The molecular weight excluding hydrogens is 354 g/mol. The van der Waals surface area contributed by atoms with Crippen LogP contribution in [0.1, 0.15) is 28.8 Å². The van der Waals surface area contributed by atoms with Crippen molar-refractivity contribution in [2.45, 2.75) is 19.3 Å². The Labute approximate surface area is 163 Å². The van der Waals surface area contributed by atoms with Crippen molar-refractivity contribution in [2.75, 3.05) is 18.4 Å². The number of anilines is 2. The normalized spacial score (nSPS) is 14.9. The second kappa shape index (κ2) is 8.35. The molecule has 0 bridgehead atoms. The minimum absolute atomic E-state index is 0.121. The van der Waals surface area contributed by atoms with Gasteiger partial charge in [-0.25, -0.2) is 4.98 Å². The van der Waals surface area contributed by atoms with Crippen LogP contribution in [0.2, 0.25) is 0 Å². The van der Waals surface area contributed by atoms with Gasteiger partial charge in [-0.3, -0.25) is 4.79 Å². The molecule has 0 radical (unpaired) electrons. The summed E-state index contributed by atoms with van der Waals surface area (Å²) in [5.41, 5.74) is 3.02. The van der Waals surface area contributed by atoms with Gasteiger partial charge in [-0.1, -0.05) is 36.4 Å². The van der Waals surface area contributed by atoms with Crippen LogP contribution in [0.15, 0.2) is 66.2 Å². The maximum absolute atomic E-state index is 12.9. The topological polar surface area (TPSA) is 45.2 Å². The number of nitrogens with one attached hydrogen (secondary N) is 1. The fourth-order valence-corrected chi connectivity index (χ4v) is 4.16. The third-order valence-corrected chi connectivity index (χ3v) is 5.75. The van der Waals surface area contributed by atoms with Crippen LogP contribution < -0.4 is 5.32 Å². The number of carbonyl (C=O) groups is 1. The molecule has 3 aromatic rings. The molecule has 5 heteroatoms. The molecule has 1 aliphatic heterocycles. The van der Waals surface area contributed by atoms with Crippen molar-refractivity contribution in [3.8, 4) is 0 Å². The molecule has 0 spiro atoms. The number of benzene rings is 2. The van der Waals surface area contributed by atoms with E-state index < -0.39 is 0 Å². The Bertz CT molecular complexity index is 872. The number of hydrogen-bond donors (Lipinski definition) is 1. The minimum Gasteiger partial charge on any atom is -0.339 e. The first kappa shape index (κ1) is 17.7. The quantitative estimate of drug-likeness (QED) is 0.682. The largest absolute Gasteiger partial charge is 0.339 e. The Morgan fingerprint density at radius 2 is 1.93 bits per heavy atom. The highest BCUT2D eigenvalue weighted by atomic mass is 32.1. The molecule has 138 valence electrons. The first-order valence-corrected chi connectivity index (χ1v) is 10.3. The molecule has 1 aliphatic rings. The number of aromatic nitrogens is 1. The van der Waals surface area contributed by atoms with Gasteiger partial charge < -0.3 is 10.2 Å². The van der Waals surface area contributed by atoms with Crippen molar-refractivity contribution >= 4 is 28.1 Å². The van der Waals surface area contributed by atoms with Gasteiger partial charge in [0.2, 0.25) is 0 Å². The number of amides is 1. The van der Waals surface area contributed by atoms with E-state index in [1.807, 2.05) is 34.5 Å². The van der Waals surface area contributed by atoms with E-state index >= 15 is 0 Å². The van der Waals surface area contributed by atoms with Crippen LogP contribution in [0.5, 0.6) is 0 Å². The van der Waals surface area contributed by atoms with Crippen molar-refractivity contribution < 1.29 is 4.79 Å². The SMILES string of the molecule is O=C(c1cccc(Nc2nccs2)c1)N1CCC(Cc2ccccc2)CC1. The molecule has 0 aliphatic carbocycles. The number of hydrogen-bond acceptors (Lipinski definition) is 4. The molecule has 0 saturated carbocycles. The van der Waals surface area contributed by atoms with E-state index in [0.717, 1.165) is 48.7 Å². The number of likely N-dealkylation sites (tertiary alicyclic amines) is 1. The highest BCUT2D eigenvalue weighted by molar-refractivity contribution is 7.13. The molecule has 0 atom stereocenters. The predicted octanol–water partition coefficient (Wildman–Crippen LogP) is 4.98. The Morgan fingerprint density at radius 3 is 2.67 bits per heavy atom. The average Bonchev–Trinajstić information content (AvgIpc) is 3.22. The van der Waals surface area contributed by atoms with Crippen LogP contribution in [0.4, 0.5) is 10.8 Å². The number of rotatable bonds is 5. The fraction of sp³-hybridized carbons (Fsp3) is 0.273. The second-order valence-electron chi connectivity index (χ2n) is 6.97. The summed E-state index contributed by atoms with van der Waals surface area (Å²) in [4.78, 5) is 19.1. The summed E-state index contributed by atoms with van der Waals surface area (Å²) in [7, 11) is 0. The standard InChI is InChI=1S/C22H23N3OS/c26-21(19-7-4-8-20(16-19)24-22-23-11-14-27-22)25-12-9-18(10-13-25)15-17-5-2-1-3-6-17/h1-8,11,14,16,18H,9-10,12-13,15H2,(H,23,24). The van der Waals surface area contributed by atoms with Gasteiger partial charge in [-0.2, -0.15) is 0 Å². The van der Waals surface area contributed by atoms with Gasteiger partial charge in [0.15, 0.2) is 5.13 Å². The van der Waals surface area contributed by atoms with E-state index in [9.17, 15) is 4.79 Å². The first-order chi connectivity index (χ1) is 13.3. The molecule has 1 aromatic heterocycles. The van der Waals surface area contributed by atoms with Gasteiger partial charge in [0.05, 0.1) is 0 Å². The van der Waals surface area contributed by atoms with Crippen molar-refractivity contribution in [1.29, 1.82) is 0 Å². The van der Waals surface area contributed by atoms with E-state index in [2.05, 4.69) is 40.6 Å². The van der Waals surface area contributed by atoms with Crippen molar-refractivity contribution in [3.05, 3.63) is 77.3 Å². The smallest absolute Gasteiger partial charge is 0.253 e. The van der Waals surface area contributed by atoms with E-state index in [1.54, 1.807) is 17.5 Å². The first-order valence-electron chi connectivity index (χ1n) is 9.38. The van der Waals surface area contributed by atoms with Gasteiger partial charge in [-0.15, -0.1) is 11.3 Å². The summed E-state index contributed by atoms with van der Waals surface area (Å²) in [6.07, 6.45) is 5.01. The summed E-state index contributed by atoms with van der Waals surface area (Å²) in [6, 6.07) is 18.3. The average molecular weight is 378 g/mol. The summed E-state index contributed by atoms with van der Waals surface area (Å²) >= 11 is 1.54. The van der Waals surface area contributed by atoms with Gasteiger partial charge in [0, 0.05) is 35.9 Å². The zero-order valence-electron chi connectivity index (χ0n) is 15.2. The summed E-state index contributed by atoms with van der Waals surface area (Å²) in [5, 5.41) is 6.02. The van der Waals surface area contributed by atoms with Gasteiger partial charge in [-0.05, 0) is 48.9 Å². The highest BCUT2D eigenvalue weighted by Crippen LogP contribution is 2.24. The molecule has 1 amide bonds. The van der Waals surface area contributed by atoms with E-state index in [4.69, 9.17) is 0 Å². The lowest BCUT2D eigenvalue weighted by Gasteiger charge is -2.32. The lowest BCUT2D eigenvalue weighted by atomic mass is 9.90. The Balaban J connectivity index is 1.35. The fourth-order valence-electron chi connectivity index (χ4n) is 3.61. The lowest BCUT2D eigenvalue weighted by molar-refractivity contribution is 0.0690. The van der Waals surface area contributed by atoms with Crippen molar-refractivity contribution in [1.82, 2.24) is 9.88 Å². The van der Waals surface area contributed by atoms with E-state index in [-0.39, 0.29) is 5.91 Å². The molecule has 2 aromatic carbocycles. The zero-order valence-corrected chi connectivity index (χ0v) is 16.0. The Morgan fingerprint density at radius 1 is 1.11 bits per heavy atom. The Kier molecular flexibility index (Phi) is 5.49.